The molecule has 0 aromatic heterocycles. The molecule has 100 valence electrons. The van der Waals surface area contributed by atoms with Gasteiger partial charge in [-0.05, 0) is 60.9 Å². The van der Waals surface area contributed by atoms with Gasteiger partial charge in [-0.3, -0.25) is 0 Å². The molecule has 0 unspecified atom stereocenters. The van der Waals surface area contributed by atoms with Gasteiger partial charge in [0.1, 0.15) is 0 Å². The normalized spacial score (nSPS) is 10.6. The van der Waals surface area contributed by atoms with Crippen molar-refractivity contribution in [3.8, 4) is 0 Å². The third-order valence-electron chi connectivity index (χ3n) is 2.86. The highest BCUT2D eigenvalue weighted by Crippen LogP contribution is 2.26. The van der Waals surface area contributed by atoms with Gasteiger partial charge in [0, 0.05) is 26.8 Å². The maximum absolute atomic E-state index is 5.98. The summed E-state index contributed by atoms with van der Waals surface area (Å²) in [6, 6.07) is 9.80. The van der Waals surface area contributed by atoms with Crippen LogP contribution in [0.4, 0.5) is 5.69 Å². The van der Waals surface area contributed by atoms with Crippen molar-refractivity contribution in [1.29, 1.82) is 0 Å². The Kier molecular flexibility index (Phi) is 4.77. The van der Waals surface area contributed by atoms with Crippen LogP contribution in [-0.2, 0) is 6.54 Å². The summed E-state index contributed by atoms with van der Waals surface area (Å²) >= 11 is 15.5. The molecule has 0 aliphatic rings. The molecule has 0 atom stereocenters. The quantitative estimate of drug-likeness (QED) is 0.710. The number of hydrogen-bond acceptors (Lipinski definition) is 1. The summed E-state index contributed by atoms with van der Waals surface area (Å²) < 4.78 is 1.16. The summed E-state index contributed by atoms with van der Waals surface area (Å²) in [7, 11) is 0. The maximum atomic E-state index is 5.98. The molecule has 1 N–H and O–H groups in total. The zero-order valence-corrected chi connectivity index (χ0v) is 13.8. The van der Waals surface area contributed by atoms with E-state index in [1.807, 2.05) is 12.1 Å². The lowest BCUT2D eigenvalue weighted by Gasteiger charge is -2.11. The van der Waals surface area contributed by atoms with Crippen LogP contribution >= 0.6 is 39.1 Å². The van der Waals surface area contributed by atoms with Crippen LogP contribution in [0.3, 0.4) is 0 Å². The van der Waals surface area contributed by atoms with Crippen molar-refractivity contribution in [3.05, 3.63) is 61.5 Å². The van der Waals surface area contributed by atoms with E-state index in [9.17, 15) is 0 Å². The Morgan fingerprint density at radius 2 is 1.47 bits per heavy atom. The van der Waals surface area contributed by atoms with Crippen LogP contribution in [-0.4, -0.2) is 0 Å². The first kappa shape index (κ1) is 14.7. The summed E-state index contributed by atoms with van der Waals surface area (Å²) in [4.78, 5) is 0. The molecule has 0 aliphatic heterocycles. The molecule has 1 nitrogen and oxygen atoms in total. The SMILES string of the molecule is Cc1cc(NCc2cc(Cl)cc(Cl)c2)cc(C)c1Br. The Hall–Kier alpha value is -0.700. The first-order valence-electron chi connectivity index (χ1n) is 5.91. The molecule has 2 aromatic carbocycles. The van der Waals surface area contributed by atoms with Gasteiger partial charge in [0.2, 0.25) is 0 Å². The lowest BCUT2D eigenvalue weighted by Crippen LogP contribution is -2.00. The van der Waals surface area contributed by atoms with Crippen LogP contribution in [0.5, 0.6) is 0 Å². The number of benzene rings is 2. The molecular weight excluding hydrogens is 345 g/mol. The van der Waals surface area contributed by atoms with E-state index in [2.05, 4.69) is 47.2 Å². The average molecular weight is 359 g/mol. The van der Waals surface area contributed by atoms with Gasteiger partial charge in [-0.15, -0.1) is 0 Å². The summed E-state index contributed by atoms with van der Waals surface area (Å²) in [6.07, 6.45) is 0. The third-order valence-corrected chi connectivity index (χ3v) is 4.54. The lowest BCUT2D eigenvalue weighted by atomic mass is 10.1. The van der Waals surface area contributed by atoms with E-state index in [0.29, 0.717) is 16.6 Å². The van der Waals surface area contributed by atoms with E-state index < -0.39 is 0 Å². The largest absolute Gasteiger partial charge is 0.381 e. The number of aryl methyl sites for hydroxylation is 2. The molecule has 19 heavy (non-hydrogen) atoms. The highest BCUT2D eigenvalue weighted by molar-refractivity contribution is 9.10. The van der Waals surface area contributed by atoms with Crippen LogP contribution in [0.25, 0.3) is 0 Å². The first-order valence-corrected chi connectivity index (χ1v) is 7.46. The number of nitrogens with one attached hydrogen (secondary N) is 1. The molecule has 0 saturated heterocycles. The minimum atomic E-state index is 0.660. The van der Waals surface area contributed by atoms with Crippen LogP contribution in [0.2, 0.25) is 10.0 Å². The van der Waals surface area contributed by atoms with Gasteiger partial charge >= 0.3 is 0 Å². The Labute approximate surface area is 132 Å². The Bertz CT molecular complexity index is 568. The molecule has 0 fully saturated rings. The molecule has 0 heterocycles. The maximum Gasteiger partial charge on any atom is 0.0424 e. The second kappa shape index (κ2) is 6.17. The zero-order chi connectivity index (χ0) is 14.0. The molecule has 0 aliphatic carbocycles. The topological polar surface area (TPSA) is 12.0 Å². The minimum absolute atomic E-state index is 0.660. The van der Waals surface area contributed by atoms with Gasteiger partial charge in [-0.1, -0.05) is 39.1 Å². The van der Waals surface area contributed by atoms with Crippen molar-refractivity contribution >= 4 is 44.8 Å². The van der Waals surface area contributed by atoms with Crippen molar-refractivity contribution < 1.29 is 0 Å². The Balaban J connectivity index is 2.14. The van der Waals surface area contributed by atoms with Gasteiger partial charge in [-0.25, -0.2) is 0 Å². The second-order valence-corrected chi connectivity index (χ2v) is 6.22. The van der Waals surface area contributed by atoms with Gasteiger partial charge in [0.05, 0.1) is 0 Å². The fraction of sp³-hybridized carbons (Fsp3) is 0.200. The molecule has 0 spiro atoms. The first-order chi connectivity index (χ1) is 8.95. The van der Waals surface area contributed by atoms with E-state index in [1.165, 1.54) is 11.1 Å². The minimum Gasteiger partial charge on any atom is -0.381 e. The number of anilines is 1. The summed E-state index contributed by atoms with van der Waals surface area (Å²) in [5.41, 5.74) is 4.59. The van der Waals surface area contributed by atoms with E-state index in [-0.39, 0.29) is 0 Å². The van der Waals surface area contributed by atoms with Gasteiger partial charge in [0.25, 0.3) is 0 Å². The number of halogens is 3. The fourth-order valence-electron chi connectivity index (χ4n) is 1.97. The summed E-state index contributed by atoms with van der Waals surface area (Å²) in [6.45, 7) is 4.86. The standard InChI is InChI=1S/C15H14BrCl2N/c1-9-3-14(4-10(2)15(9)16)19-8-11-5-12(17)7-13(18)6-11/h3-7,19H,8H2,1-2H3. The molecular formula is C15H14BrCl2N. The Morgan fingerprint density at radius 1 is 0.947 bits per heavy atom. The fourth-order valence-corrected chi connectivity index (χ4v) is 2.77. The van der Waals surface area contributed by atoms with E-state index >= 15 is 0 Å². The Morgan fingerprint density at radius 3 is 2.00 bits per heavy atom. The smallest absolute Gasteiger partial charge is 0.0424 e. The highest BCUT2D eigenvalue weighted by Gasteiger charge is 2.03. The van der Waals surface area contributed by atoms with E-state index in [0.717, 1.165) is 15.7 Å². The van der Waals surface area contributed by atoms with E-state index in [1.54, 1.807) is 6.07 Å². The van der Waals surface area contributed by atoms with Crippen molar-refractivity contribution in [3.63, 3.8) is 0 Å². The lowest BCUT2D eigenvalue weighted by molar-refractivity contribution is 1.14. The van der Waals surface area contributed by atoms with Gasteiger partial charge in [0.15, 0.2) is 0 Å². The third kappa shape index (κ3) is 3.88. The molecule has 0 bridgehead atoms. The number of rotatable bonds is 3. The van der Waals surface area contributed by atoms with Crippen LogP contribution in [0.15, 0.2) is 34.8 Å². The van der Waals surface area contributed by atoms with Gasteiger partial charge in [-0.2, -0.15) is 0 Å². The van der Waals surface area contributed by atoms with Crippen molar-refractivity contribution in [2.45, 2.75) is 20.4 Å². The molecule has 0 radical (unpaired) electrons. The highest BCUT2D eigenvalue weighted by atomic mass is 79.9. The molecule has 4 heteroatoms. The van der Waals surface area contributed by atoms with Crippen molar-refractivity contribution in [2.75, 3.05) is 5.32 Å². The predicted molar refractivity (Wildman–Crippen MR) is 87.4 cm³/mol. The summed E-state index contributed by atoms with van der Waals surface area (Å²) in [5.74, 6) is 0. The summed E-state index contributed by atoms with van der Waals surface area (Å²) in [5, 5.41) is 4.71. The van der Waals surface area contributed by atoms with E-state index in [4.69, 9.17) is 23.2 Å². The van der Waals surface area contributed by atoms with Gasteiger partial charge < -0.3 is 5.32 Å². The average Bonchev–Trinajstić information content (AvgIpc) is 2.32. The molecule has 2 aromatic rings. The zero-order valence-electron chi connectivity index (χ0n) is 10.7. The molecule has 0 saturated carbocycles. The monoisotopic (exact) mass is 357 g/mol. The number of hydrogen-bond donors (Lipinski definition) is 1. The molecule has 2 rings (SSSR count). The second-order valence-electron chi connectivity index (χ2n) is 4.56. The van der Waals surface area contributed by atoms with Crippen LogP contribution in [0, 0.1) is 13.8 Å². The predicted octanol–water partition coefficient (Wildman–Crippen LogP) is 5.98. The van der Waals surface area contributed by atoms with Crippen molar-refractivity contribution in [2.24, 2.45) is 0 Å². The van der Waals surface area contributed by atoms with Crippen LogP contribution < -0.4 is 5.32 Å². The molecule has 0 amide bonds. The van der Waals surface area contributed by atoms with Crippen molar-refractivity contribution in [1.82, 2.24) is 0 Å². The van der Waals surface area contributed by atoms with Crippen LogP contribution in [0.1, 0.15) is 16.7 Å².